The monoisotopic (exact) mass is 312 g/mol. The molecule has 1 aliphatic rings. The molecule has 9 heteroatoms. The van der Waals surface area contributed by atoms with Gasteiger partial charge in [-0.05, 0) is 25.7 Å². The molecule has 0 aliphatic carbocycles. The highest BCUT2D eigenvalue weighted by atomic mass is 16.2. The van der Waals surface area contributed by atoms with Crippen molar-refractivity contribution >= 4 is 24.1 Å². The first-order valence-electron chi connectivity index (χ1n) is 7.30. The lowest BCUT2D eigenvalue weighted by atomic mass is 10.1. The highest BCUT2D eigenvalue weighted by molar-refractivity contribution is 5.90. The number of carbonyl (C=O) groups is 3. The standard InChI is InChI=1S/C13H24N6O3/c14-7-11(21)19-6-2-4-10(19)12(22)18-9(8-20)3-1-5-17-13(15)16/h8-10H,1-7,14H2,(H,18,22)(H4,15,16,17)/t9-,10-/m0/s1. The van der Waals surface area contributed by atoms with Gasteiger partial charge in [-0.15, -0.1) is 0 Å². The van der Waals surface area contributed by atoms with Crippen molar-refractivity contribution in [1.29, 1.82) is 0 Å². The van der Waals surface area contributed by atoms with Crippen LogP contribution < -0.4 is 22.5 Å². The maximum Gasteiger partial charge on any atom is 0.243 e. The number of amides is 2. The summed E-state index contributed by atoms with van der Waals surface area (Å²) in [4.78, 5) is 40.2. The fraction of sp³-hybridized carbons (Fsp3) is 0.692. The molecule has 0 radical (unpaired) electrons. The molecule has 1 heterocycles. The van der Waals surface area contributed by atoms with Gasteiger partial charge in [0.1, 0.15) is 12.3 Å². The molecule has 0 unspecified atom stereocenters. The van der Waals surface area contributed by atoms with Crippen molar-refractivity contribution < 1.29 is 14.4 Å². The van der Waals surface area contributed by atoms with Gasteiger partial charge in [-0.1, -0.05) is 0 Å². The molecule has 9 nitrogen and oxygen atoms in total. The van der Waals surface area contributed by atoms with E-state index in [1.807, 2.05) is 0 Å². The van der Waals surface area contributed by atoms with Crippen LogP contribution in [0.2, 0.25) is 0 Å². The van der Waals surface area contributed by atoms with Gasteiger partial charge in [0.25, 0.3) is 0 Å². The average molecular weight is 312 g/mol. The van der Waals surface area contributed by atoms with E-state index in [2.05, 4.69) is 10.3 Å². The summed E-state index contributed by atoms with van der Waals surface area (Å²) in [6.07, 6.45) is 3.01. The summed E-state index contributed by atoms with van der Waals surface area (Å²) in [5.41, 5.74) is 15.7. The number of likely N-dealkylation sites (tertiary alicyclic amines) is 1. The molecule has 0 bridgehead atoms. The molecule has 0 aromatic heterocycles. The maximum atomic E-state index is 12.2. The average Bonchev–Trinajstić information content (AvgIpc) is 2.98. The second-order valence-electron chi connectivity index (χ2n) is 5.15. The van der Waals surface area contributed by atoms with Crippen LogP contribution in [0.3, 0.4) is 0 Å². The highest BCUT2D eigenvalue weighted by Crippen LogP contribution is 2.17. The number of carbonyl (C=O) groups excluding carboxylic acids is 3. The number of hydrogen-bond donors (Lipinski definition) is 4. The second kappa shape index (κ2) is 8.98. The zero-order valence-electron chi connectivity index (χ0n) is 12.5. The quantitative estimate of drug-likeness (QED) is 0.170. The molecule has 0 saturated carbocycles. The van der Waals surface area contributed by atoms with Crippen LogP contribution in [-0.4, -0.2) is 60.7 Å². The first-order valence-corrected chi connectivity index (χ1v) is 7.30. The molecule has 0 aromatic rings. The van der Waals surface area contributed by atoms with Crippen molar-refractivity contribution in [2.45, 2.75) is 37.8 Å². The summed E-state index contributed by atoms with van der Waals surface area (Å²) in [5, 5.41) is 2.65. The third kappa shape index (κ3) is 5.32. The van der Waals surface area contributed by atoms with Gasteiger partial charge < -0.3 is 32.2 Å². The molecule has 1 aliphatic heterocycles. The Bertz CT molecular complexity index is 435. The van der Waals surface area contributed by atoms with Crippen LogP contribution in [0.4, 0.5) is 0 Å². The van der Waals surface area contributed by atoms with Crippen molar-refractivity contribution in [3.63, 3.8) is 0 Å². The Morgan fingerprint density at radius 2 is 2.14 bits per heavy atom. The summed E-state index contributed by atoms with van der Waals surface area (Å²) in [6, 6.07) is -1.16. The Labute approximate surface area is 129 Å². The second-order valence-corrected chi connectivity index (χ2v) is 5.15. The fourth-order valence-corrected chi connectivity index (χ4v) is 2.43. The Morgan fingerprint density at radius 3 is 2.73 bits per heavy atom. The van der Waals surface area contributed by atoms with Gasteiger partial charge in [-0.25, -0.2) is 0 Å². The third-order valence-electron chi connectivity index (χ3n) is 3.51. The molecule has 0 spiro atoms. The third-order valence-corrected chi connectivity index (χ3v) is 3.51. The van der Waals surface area contributed by atoms with E-state index in [0.29, 0.717) is 38.6 Å². The van der Waals surface area contributed by atoms with Crippen LogP contribution in [0.5, 0.6) is 0 Å². The van der Waals surface area contributed by atoms with E-state index in [-0.39, 0.29) is 24.3 Å². The summed E-state index contributed by atoms with van der Waals surface area (Å²) < 4.78 is 0. The molecule has 7 N–H and O–H groups in total. The Morgan fingerprint density at radius 1 is 1.41 bits per heavy atom. The van der Waals surface area contributed by atoms with Gasteiger partial charge in [0.2, 0.25) is 11.8 Å². The summed E-state index contributed by atoms with van der Waals surface area (Å²) in [7, 11) is 0. The molecule has 2 atom stereocenters. The van der Waals surface area contributed by atoms with Crippen LogP contribution in [0.1, 0.15) is 25.7 Å². The van der Waals surface area contributed by atoms with E-state index in [1.165, 1.54) is 4.90 Å². The van der Waals surface area contributed by atoms with Crippen molar-refractivity contribution in [1.82, 2.24) is 10.2 Å². The molecule has 2 amide bonds. The van der Waals surface area contributed by atoms with E-state index in [9.17, 15) is 14.4 Å². The Balaban J connectivity index is 2.48. The van der Waals surface area contributed by atoms with Crippen LogP contribution >= 0.6 is 0 Å². The first-order chi connectivity index (χ1) is 10.5. The molecular formula is C13H24N6O3. The largest absolute Gasteiger partial charge is 0.370 e. The predicted molar refractivity (Wildman–Crippen MR) is 81.7 cm³/mol. The summed E-state index contributed by atoms with van der Waals surface area (Å²) in [5.74, 6) is -0.583. The van der Waals surface area contributed by atoms with Crippen LogP contribution in [0.25, 0.3) is 0 Å². The van der Waals surface area contributed by atoms with Crippen molar-refractivity contribution in [2.75, 3.05) is 19.6 Å². The van der Waals surface area contributed by atoms with Crippen LogP contribution in [0, 0.1) is 0 Å². The summed E-state index contributed by atoms with van der Waals surface area (Å²) >= 11 is 0. The highest BCUT2D eigenvalue weighted by Gasteiger charge is 2.34. The van der Waals surface area contributed by atoms with Crippen LogP contribution in [-0.2, 0) is 14.4 Å². The van der Waals surface area contributed by atoms with E-state index >= 15 is 0 Å². The van der Waals surface area contributed by atoms with Crippen molar-refractivity contribution in [2.24, 2.45) is 22.2 Å². The van der Waals surface area contributed by atoms with Gasteiger partial charge in [0.05, 0.1) is 12.6 Å². The SMILES string of the molecule is NCC(=O)N1CCC[C@H]1C(=O)N[C@H](C=O)CCCN=C(N)N. The molecule has 1 fully saturated rings. The number of hydrogen-bond acceptors (Lipinski definition) is 5. The smallest absolute Gasteiger partial charge is 0.243 e. The minimum Gasteiger partial charge on any atom is -0.370 e. The number of aliphatic imine (C=N–C) groups is 1. The van der Waals surface area contributed by atoms with E-state index in [0.717, 1.165) is 6.42 Å². The molecule has 1 saturated heterocycles. The number of aldehydes is 1. The number of nitrogens with zero attached hydrogens (tertiary/aromatic N) is 2. The first kappa shape index (κ1) is 17.9. The minimum absolute atomic E-state index is 0.00594. The Hall–Kier alpha value is -2.16. The molecule has 1 rings (SSSR count). The lowest BCUT2D eigenvalue weighted by Gasteiger charge is -2.24. The number of nitrogens with two attached hydrogens (primary N) is 3. The number of rotatable bonds is 8. The van der Waals surface area contributed by atoms with E-state index in [1.54, 1.807) is 0 Å². The molecule has 22 heavy (non-hydrogen) atoms. The van der Waals surface area contributed by atoms with E-state index < -0.39 is 12.1 Å². The van der Waals surface area contributed by atoms with Gasteiger partial charge in [-0.2, -0.15) is 0 Å². The van der Waals surface area contributed by atoms with E-state index in [4.69, 9.17) is 17.2 Å². The number of nitrogens with one attached hydrogen (secondary N) is 1. The number of guanidine groups is 1. The lowest BCUT2D eigenvalue weighted by Crippen LogP contribution is -2.50. The maximum absolute atomic E-state index is 12.2. The predicted octanol–water partition coefficient (Wildman–Crippen LogP) is -2.33. The molecule has 0 aromatic carbocycles. The summed E-state index contributed by atoms with van der Waals surface area (Å²) in [6.45, 7) is 0.785. The van der Waals surface area contributed by atoms with Crippen LogP contribution in [0.15, 0.2) is 4.99 Å². The fourth-order valence-electron chi connectivity index (χ4n) is 2.43. The molecule has 124 valence electrons. The zero-order chi connectivity index (χ0) is 16.5. The van der Waals surface area contributed by atoms with Gasteiger partial charge >= 0.3 is 0 Å². The topological polar surface area (TPSA) is 157 Å². The van der Waals surface area contributed by atoms with Gasteiger partial charge in [0.15, 0.2) is 5.96 Å². The minimum atomic E-state index is -0.614. The van der Waals surface area contributed by atoms with Crippen molar-refractivity contribution in [3.05, 3.63) is 0 Å². The zero-order valence-corrected chi connectivity index (χ0v) is 12.5. The van der Waals surface area contributed by atoms with Crippen molar-refractivity contribution in [3.8, 4) is 0 Å². The van der Waals surface area contributed by atoms with Gasteiger partial charge in [0, 0.05) is 13.1 Å². The lowest BCUT2D eigenvalue weighted by molar-refractivity contribution is -0.138. The van der Waals surface area contributed by atoms with Gasteiger partial charge in [-0.3, -0.25) is 14.6 Å². The Kier molecular flexibility index (Phi) is 7.30. The normalized spacial score (nSPS) is 18.6. The molecular weight excluding hydrogens is 288 g/mol.